The van der Waals surface area contributed by atoms with Gasteiger partial charge in [-0.15, -0.1) is 0 Å². The van der Waals surface area contributed by atoms with Crippen LogP contribution in [-0.4, -0.2) is 17.3 Å². The number of hydrogen-bond donors (Lipinski definition) is 1. The van der Waals surface area contributed by atoms with Crippen LogP contribution in [0.2, 0.25) is 0 Å². The molecule has 5 heteroatoms. The van der Waals surface area contributed by atoms with Crippen LogP contribution in [0.4, 0.5) is 5.69 Å². The molecule has 1 heterocycles. The van der Waals surface area contributed by atoms with Gasteiger partial charge in [0.2, 0.25) is 11.7 Å². The number of nitrogens with two attached hydrogens (primary N) is 1. The van der Waals surface area contributed by atoms with Gasteiger partial charge in [0, 0.05) is 12.8 Å². The Labute approximate surface area is 112 Å². The lowest BCUT2D eigenvalue weighted by molar-refractivity contribution is 0.0854. The van der Waals surface area contributed by atoms with Gasteiger partial charge >= 0.3 is 0 Å². The van der Waals surface area contributed by atoms with Crippen LogP contribution in [-0.2, 0) is 11.2 Å². The Bertz CT molecular complexity index is 525. The van der Waals surface area contributed by atoms with Gasteiger partial charge in [-0.2, -0.15) is 4.98 Å². The molecule has 0 aliphatic heterocycles. The Hall–Kier alpha value is -1.88. The smallest absolute Gasteiger partial charge is 0.231 e. The number of hydrogen-bond acceptors (Lipinski definition) is 5. The van der Waals surface area contributed by atoms with Gasteiger partial charge in [-0.05, 0) is 24.1 Å². The average Bonchev–Trinajstić information content (AvgIpc) is 2.84. The number of nitrogens with zero attached hydrogens (tertiary/aromatic N) is 2. The van der Waals surface area contributed by atoms with E-state index in [1.165, 1.54) is 0 Å². The minimum atomic E-state index is -0.0941. The molecule has 0 radical (unpaired) electrons. The van der Waals surface area contributed by atoms with Crippen molar-refractivity contribution < 1.29 is 9.26 Å². The van der Waals surface area contributed by atoms with E-state index in [9.17, 15) is 0 Å². The average molecular weight is 261 g/mol. The largest absolute Gasteiger partial charge is 0.399 e. The number of benzene rings is 1. The molecule has 2 rings (SSSR count). The van der Waals surface area contributed by atoms with E-state index in [1.807, 2.05) is 24.3 Å². The molecule has 2 aromatic rings. The van der Waals surface area contributed by atoms with E-state index >= 15 is 0 Å². The number of anilines is 1. The summed E-state index contributed by atoms with van der Waals surface area (Å²) in [6.45, 7) is 2.10. The zero-order chi connectivity index (χ0) is 13.7. The molecule has 2 N–H and O–H groups in total. The highest BCUT2D eigenvalue weighted by molar-refractivity contribution is 5.41. The van der Waals surface area contributed by atoms with Crippen LogP contribution in [0.3, 0.4) is 0 Å². The predicted octanol–water partition coefficient (Wildman–Crippen LogP) is 2.73. The summed E-state index contributed by atoms with van der Waals surface area (Å²) in [4.78, 5) is 4.38. The standard InChI is InChI=1S/C14H19N3O2/c1-3-5-12(18-2)14-16-13(19-17-14)9-10-6-4-7-11(15)8-10/h4,6-8,12H,3,5,9,15H2,1-2H3. The molecule has 1 atom stereocenters. The van der Waals surface area contributed by atoms with Crippen LogP contribution in [0.25, 0.3) is 0 Å². The molecular weight excluding hydrogens is 242 g/mol. The van der Waals surface area contributed by atoms with Crippen molar-refractivity contribution >= 4 is 5.69 Å². The van der Waals surface area contributed by atoms with Crippen molar-refractivity contribution in [2.24, 2.45) is 0 Å². The van der Waals surface area contributed by atoms with Crippen molar-refractivity contribution in [1.29, 1.82) is 0 Å². The zero-order valence-electron chi connectivity index (χ0n) is 11.3. The normalized spacial score (nSPS) is 12.5. The third kappa shape index (κ3) is 3.54. The van der Waals surface area contributed by atoms with Gasteiger partial charge in [0.1, 0.15) is 6.10 Å². The van der Waals surface area contributed by atoms with Crippen molar-refractivity contribution in [3.8, 4) is 0 Å². The summed E-state index contributed by atoms with van der Waals surface area (Å²) in [7, 11) is 1.66. The molecule has 0 saturated heterocycles. The summed E-state index contributed by atoms with van der Waals surface area (Å²) in [5.41, 5.74) is 7.53. The highest BCUT2D eigenvalue weighted by Gasteiger charge is 2.17. The highest BCUT2D eigenvalue weighted by Crippen LogP contribution is 2.20. The van der Waals surface area contributed by atoms with Crippen molar-refractivity contribution in [3.05, 3.63) is 41.5 Å². The second kappa shape index (κ2) is 6.33. The van der Waals surface area contributed by atoms with Crippen LogP contribution >= 0.6 is 0 Å². The molecule has 0 spiro atoms. The number of rotatable bonds is 6. The summed E-state index contributed by atoms with van der Waals surface area (Å²) < 4.78 is 10.6. The van der Waals surface area contributed by atoms with Gasteiger partial charge in [-0.1, -0.05) is 30.6 Å². The number of aromatic nitrogens is 2. The third-order valence-corrected chi connectivity index (χ3v) is 2.91. The molecule has 0 amide bonds. The van der Waals surface area contributed by atoms with Crippen LogP contribution in [0.15, 0.2) is 28.8 Å². The van der Waals surface area contributed by atoms with Crippen molar-refractivity contribution in [1.82, 2.24) is 10.1 Å². The summed E-state index contributed by atoms with van der Waals surface area (Å²) in [5.74, 6) is 1.20. The molecule has 102 valence electrons. The zero-order valence-corrected chi connectivity index (χ0v) is 11.3. The molecule has 0 fully saturated rings. The van der Waals surface area contributed by atoms with Gasteiger partial charge < -0.3 is 15.0 Å². The van der Waals surface area contributed by atoms with Crippen LogP contribution in [0, 0.1) is 0 Å². The maximum absolute atomic E-state index is 5.74. The lowest BCUT2D eigenvalue weighted by atomic mass is 10.1. The van der Waals surface area contributed by atoms with E-state index in [-0.39, 0.29) is 6.10 Å². The van der Waals surface area contributed by atoms with Crippen LogP contribution in [0.5, 0.6) is 0 Å². The minimum Gasteiger partial charge on any atom is -0.399 e. The van der Waals surface area contributed by atoms with E-state index in [0.717, 1.165) is 24.1 Å². The van der Waals surface area contributed by atoms with E-state index in [1.54, 1.807) is 7.11 Å². The highest BCUT2D eigenvalue weighted by atomic mass is 16.5. The summed E-state index contributed by atoms with van der Waals surface area (Å²) >= 11 is 0. The fraction of sp³-hybridized carbons (Fsp3) is 0.429. The topological polar surface area (TPSA) is 74.2 Å². The van der Waals surface area contributed by atoms with Crippen molar-refractivity contribution in [2.75, 3.05) is 12.8 Å². The van der Waals surface area contributed by atoms with Gasteiger partial charge in [0.15, 0.2) is 0 Å². The number of methoxy groups -OCH3 is 1. The third-order valence-electron chi connectivity index (χ3n) is 2.91. The Kier molecular flexibility index (Phi) is 4.52. The fourth-order valence-electron chi connectivity index (χ4n) is 1.96. The van der Waals surface area contributed by atoms with Gasteiger partial charge in [0.05, 0.1) is 6.42 Å². The predicted molar refractivity (Wildman–Crippen MR) is 72.6 cm³/mol. The maximum Gasteiger partial charge on any atom is 0.231 e. The second-order valence-electron chi connectivity index (χ2n) is 4.48. The quantitative estimate of drug-likeness (QED) is 0.809. The molecule has 1 unspecified atom stereocenters. The van der Waals surface area contributed by atoms with Crippen LogP contribution in [0.1, 0.15) is 43.1 Å². The fourth-order valence-corrected chi connectivity index (χ4v) is 1.96. The molecule has 0 saturated carbocycles. The van der Waals surface area contributed by atoms with Gasteiger partial charge in [-0.3, -0.25) is 0 Å². The van der Waals surface area contributed by atoms with Crippen molar-refractivity contribution in [2.45, 2.75) is 32.3 Å². The van der Waals surface area contributed by atoms with Crippen molar-refractivity contribution in [3.63, 3.8) is 0 Å². The first kappa shape index (κ1) is 13.5. The van der Waals surface area contributed by atoms with E-state index in [0.29, 0.717) is 18.1 Å². The Morgan fingerprint density at radius 2 is 2.26 bits per heavy atom. The van der Waals surface area contributed by atoms with E-state index < -0.39 is 0 Å². The SMILES string of the molecule is CCCC(OC)c1noc(Cc2cccc(N)c2)n1. The second-order valence-corrected chi connectivity index (χ2v) is 4.48. The molecular formula is C14H19N3O2. The lowest BCUT2D eigenvalue weighted by Gasteiger charge is -2.08. The molecule has 1 aromatic heterocycles. The maximum atomic E-state index is 5.74. The Balaban J connectivity index is 2.08. The minimum absolute atomic E-state index is 0.0941. The van der Waals surface area contributed by atoms with Crippen LogP contribution < -0.4 is 5.73 Å². The molecule has 19 heavy (non-hydrogen) atoms. The number of nitrogen functional groups attached to an aromatic ring is 1. The van der Waals surface area contributed by atoms with E-state index in [4.69, 9.17) is 15.0 Å². The molecule has 1 aromatic carbocycles. The summed E-state index contributed by atoms with van der Waals surface area (Å²) in [5, 5.41) is 3.98. The molecule has 5 nitrogen and oxygen atoms in total. The molecule has 0 aliphatic carbocycles. The first-order chi connectivity index (χ1) is 9.22. The first-order valence-electron chi connectivity index (χ1n) is 6.42. The Morgan fingerprint density at radius 1 is 1.42 bits per heavy atom. The summed E-state index contributed by atoms with van der Waals surface area (Å²) in [6.07, 6.45) is 2.38. The Morgan fingerprint density at radius 3 is 2.95 bits per heavy atom. The monoisotopic (exact) mass is 261 g/mol. The summed E-state index contributed by atoms with van der Waals surface area (Å²) in [6, 6.07) is 7.66. The van der Waals surface area contributed by atoms with Gasteiger partial charge in [0.25, 0.3) is 0 Å². The van der Waals surface area contributed by atoms with Gasteiger partial charge in [-0.25, -0.2) is 0 Å². The first-order valence-corrected chi connectivity index (χ1v) is 6.42. The lowest BCUT2D eigenvalue weighted by Crippen LogP contribution is -2.03. The van der Waals surface area contributed by atoms with E-state index in [2.05, 4.69) is 17.1 Å². The molecule has 0 aliphatic rings. The molecule has 0 bridgehead atoms. The number of ether oxygens (including phenoxy) is 1.